The predicted octanol–water partition coefficient (Wildman–Crippen LogP) is 3.54. The molecule has 9 nitrogen and oxygen atoms in total. The van der Waals surface area contributed by atoms with Crippen molar-refractivity contribution in [3.8, 4) is 11.1 Å². The molecule has 0 radical (unpaired) electrons. The molecule has 1 amide bonds. The summed E-state index contributed by atoms with van der Waals surface area (Å²) in [5, 5.41) is 22.3. The number of primary amides is 1. The highest BCUT2D eigenvalue weighted by Gasteiger charge is 2.17. The Labute approximate surface area is 181 Å². The number of carboxylic acids is 2. The number of nitrogens with one attached hydrogen (secondary N) is 1. The van der Waals surface area contributed by atoms with Gasteiger partial charge in [0.25, 0.3) is 5.91 Å². The van der Waals surface area contributed by atoms with Gasteiger partial charge in [-0.05, 0) is 35.9 Å². The zero-order valence-corrected chi connectivity index (χ0v) is 16.4. The summed E-state index contributed by atoms with van der Waals surface area (Å²) in [5.74, 6) is -2.95. The van der Waals surface area contributed by atoms with Crippen LogP contribution in [-0.2, 0) is 0 Å². The lowest BCUT2D eigenvalue weighted by molar-refractivity contribution is 0.0683. The summed E-state index contributed by atoms with van der Waals surface area (Å²) in [6.45, 7) is 0. The van der Waals surface area contributed by atoms with Gasteiger partial charge in [0.1, 0.15) is 0 Å². The van der Waals surface area contributed by atoms with Crippen molar-refractivity contribution in [1.29, 1.82) is 0 Å². The summed E-state index contributed by atoms with van der Waals surface area (Å²) in [4.78, 5) is 43.1. The van der Waals surface area contributed by atoms with Gasteiger partial charge in [0.2, 0.25) is 0 Å². The van der Waals surface area contributed by atoms with E-state index in [2.05, 4.69) is 15.3 Å². The first-order valence-electron chi connectivity index (χ1n) is 9.37. The number of anilines is 2. The molecule has 0 aliphatic carbocycles. The summed E-state index contributed by atoms with van der Waals surface area (Å²) < 4.78 is 0. The van der Waals surface area contributed by atoms with E-state index in [4.69, 9.17) is 5.73 Å². The van der Waals surface area contributed by atoms with Crippen molar-refractivity contribution in [2.45, 2.75) is 0 Å². The minimum atomic E-state index is -1.15. The van der Waals surface area contributed by atoms with E-state index in [0.29, 0.717) is 33.4 Å². The molecule has 0 bridgehead atoms. The molecule has 4 rings (SSSR count). The van der Waals surface area contributed by atoms with E-state index < -0.39 is 17.8 Å². The monoisotopic (exact) mass is 428 g/mol. The second-order valence-corrected chi connectivity index (χ2v) is 6.86. The number of aromatic nitrogens is 2. The van der Waals surface area contributed by atoms with Crippen molar-refractivity contribution >= 4 is 40.1 Å². The van der Waals surface area contributed by atoms with E-state index in [1.165, 1.54) is 24.5 Å². The van der Waals surface area contributed by atoms with Crippen molar-refractivity contribution < 1.29 is 24.6 Å². The first kappa shape index (κ1) is 20.5. The Morgan fingerprint density at radius 2 is 1.72 bits per heavy atom. The quantitative estimate of drug-likeness (QED) is 0.363. The third-order valence-corrected chi connectivity index (χ3v) is 4.83. The van der Waals surface area contributed by atoms with Crippen LogP contribution >= 0.6 is 0 Å². The van der Waals surface area contributed by atoms with Crippen LogP contribution in [0.5, 0.6) is 0 Å². The van der Waals surface area contributed by atoms with E-state index in [1.54, 1.807) is 42.5 Å². The Kier molecular flexibility index (Phi) is 5.22. The molecule has 0 atom stereocenters. The van der Waals surface area contributed by atoms with Gasteiger partial charge in [0.15, 0.2) is 5.69 Å². The number of carbonyl (C=O) groups excluding carboxylic acids is 1. The highest BCUT2D eigenvalue weighted by molar-refractivity contribution is 6.08. The molecule has 4 aromatic rings. The molecular weight excluding hydrogens is 412 g/mol. The fourth-order valence-corrected chi connectivity index (χ4v) is 3.37. The average molecular weight is 428 g/mol. The minimum Gasteiger partial charge on any atom is -0.478 e. The van der Waals surface area contributed by atoms with Crippen LogP contribution in [0.3, 0.4) is 0 Å². The summed E-state index contributed by atoms with van der Waals surface area (Å²) in [6.07, 6.45) is 2.72. The van der Waals surface area contributed by atoms with Gasteiger partial charge in [-0.3, -0.25) is 9.78 Å². The number of carboxylic acid groups (broad SMARTS) is 2. The maximum absolute atomic E-state index is 12.0. The number of pyridine rings is 2. The van der Waals surface area contributed by atoms with E-state index >= 15 is 0 Å². The zero-order valence-electron chi connectivity index (χ0n) is 16.4. The smallest absolute Gasteiger partial charge is 0.355 e. The van der Waals surface area contributed by atoms with Gasteiger partial charge in [0, 0.05) is 29.0 Å². The number of benzene rings is 2. The molecule has 2 aromatic carbocycles. The number of aromatic carboxylic acids is 2. The molecule has 0 saturated carbocycles. The fraction of sp³-hybridized carbons (Fsp3) is 0. The molecule has 0 saturated heterocycles. The van der Waals surface area contributed by atoms with Crippen LogP contribution in [0.4, 0.5) is 11.4 Å². The lowest BCUT2D eigenvalue weighted by atomic mass is 10.00. The van der Waals surface area contributed by atoms with E-state index in [-0.39, 0.29) is 16.8 Å². The number of carbonyl (C=O) groups is 3. The number of fused-ring (bicyclic) bond motifs is 1. The summed E-state index contributed by atoms with van der Waals surface area (Å²) in [7, 11) is 0. The van der Waals surface area contributed by atoms with Crippen LogP contribution in [0.1, 0.15) is 31.2 Å². The Balaban J connectivity index is 1.86. The summed E-state index contributed by atoms with van der Waals surface area (Å²) in [5.41, 5.74) is 7.93. The molecule has 0 spiro atoms. The number of hydrogen-bond acceptors (Lipinski definition) is 6. The zero-order chi connectivity index (χ0) is 22.8. The average Bonchev–Trinajstić information content (AvgIpc) is 2.78. The van der Waals surface area contributed by atoms with Gasteiger partial charge in [0.05, 0.1) is 22.3 Å². The Morgan fingerprint density at radius 1 is 0.906 bits per heavy atom. The molecule has 2 aromatic heterocycles. The van der Waals surface area contributed by atoms with E-state index in [9.17, 15) is 24.6 Å². The van der Waals surface area contributed by atoms with Crippen LogP contribution in [0, 0.1) is 0 Å². The van der Waals surface area contributed by atoms with Gasteiger partial charge in [-0.25, -0.2) is 14.6 Å². The van der Waals surface area contributed by atoms with Crippen molar-refractivity contribution in [1.82, 2.24) is 9.97 Å². The minimum absolute atomic E-state index is 0.0778. The topological polar surface area (TPSA) is 156 Å². The Hall–Kier alpha value is -4.79. The molecule has 158 valence electrons. The van der Waals surface area contributed by atoms with Gasteiger partial charge in [-0.2, -0.15) is 0 Å². The van der Waals surface area contributed by atoms with Crippen molar-refractivity contribution in [2.24, 2.45) is 5.73 Å². The lowest BCUT2D eigenvalue weighted by Gasteiger charge is -2.14. The van der Waals surface area contributed by atoms with E-state index in [0.717, 1.165) is 0 Å². The molecule has 0 aliphatic heterocycles. The molecule has 0 fully saturated rings. The number of amides is 1. The maximum atomic E-state index is 12.0. The highest BCUT2D eigenvalue weighted by atomic mass is 16.4. The maximum Gasteiger partial charge on any atom is 0.355 e. The molecule has 0 aliphatic rings. The van der Waals surface area contributed by atoms with Gasteiger partial charge in [-0.15, -0.1) is 0 Å². The molecular formula is C23H16N4O5. The first-order chi connectivity index (χ1) is 15.3. The second kappa shape index (κ2) is 8.15. The van der Waals surface area contributed by atoms with Crippen LogP contribution in [0.25, 0.3) is 22.0 Å². The molecule has 9 heteroatoms. The molecule has 5 N–H and O–H groups in total. The highest BCUT2D eigenvalue weighted by Crippen LogP contribution is 2.33. The van der Waals surface area contributed by atoms with Crippen molar-refractivity contribution in [2.75, 3.05) is 5.32 Å². The summed E-state index contributed by atoms with van der Waals surface area (Å²) >= 11 is 0. The number of nitrogens with two attached hydrogens (primary N) is 1. The third kappa shape index (κ3) is 3.82. The van der Waals surface area contributed by atoms with Gasteiger partial charge >= 0.3 is 11.9 Å². The van der Waals surface area contributed by atoms with Gasteiger partial charge in [-0.1, -0.05) is 24.3 Å². The molecule has 0 unspecified atom stereocenters. The van der Waals surface area contributed by atoms with Crippen molar-refractivity contribution in [3.05, 3.63) is 83.8 Å². The van der Waals surface area contributed by atoms with Crippen LogP contribution in [-0.4, -0.2) is 38.0 Å². The number of nitrogens with zero attached hydrogens (tertiary/aromatic N) is 2. The van der Waals surface area contributed by atoms with Crippen LogP contribution in [0.15, 0.2) is 67.0 Å². The Bertz CT molecular complexity index is 1400. The normalized spacial score (nSPS) is 10.6. The SMILES string of the molecule is NC(=O)c1cnc2cc(-c3cccnc3C(=O)O)ccc2c1Nc1cccc(C(=O)O)c1. The lowest BCUT2D eigenvalue weighted by Crippen LogP contribution is -2.14. The predicted molar refractivity (Wildman–Crippen MR) is 117 cm³/mol. The molecule has 2 heterocycles. The summed E-state index contributed by atoms with van der Waals surface area (Å²) in [6, 6.07) is 14.5. The van der Waals surface area contributed by atoms with E-state index in [1.807, 2.05) is 0 Å². The first-order valence-corrected chi connectivity index (χ1v) is 9.37. The fourth-order valence-electron chi connectivity index (χ4n) is 3.37. The van der Waals surface area contributed by atoms with Crippen LogP contribution < -0.4 is 11.1 Å². The second-order valence-electron chi connectivity index (χ2n) is 6.86. The van der Waals surface area contributed by atoms with Crippen molar-refractivity contribution in [3.63, 3.8) is 0 Å². The van der Waals surface area contributed by atoms with Gasteiger partial charge < -0.3 is 21.3 Å². The standard InChI is InChI=1S/C23H16N4O5/c24-21(28)17-11-26-18-10-12(15-5-2-8-25-20(15)23(31)32)6-7-16(18)19(17)27-14-4-1-3-13(9-14)22(29)30/h1-11H,(H2,24,28)(H,26,27)(H,29,30)(H,31,32). The number of rotatable bonds is 6. The Morgan fingerprint density at radius 3 is 2.44 bits per heavy atom. The molecule has 32 heavy (non-hydrogen) atoms. The number of hydrogen-bond donors (Lipinski definition) is 4. The third-order valence-electron chi connectivity index (χ3n) is 4.83. The largest absolute Gasteiger partial charge is 0.478 e. The van der Waals surface area contributed by atoms with Crippen LogP contribution in [0.2, 0.25) is 0 Å².